The molecule has 1 saturated carbocycles. The molecule has 4 nitrogen and oxygen atoms in total. The second-order valence-corrected chi connectivity index (χ2v) is 5.63. The predicted octanol–water partition coefficient (Wildman–Crippen LogP) is 2.27. The van der Waals surface area contributed by atoms with Crippen molar-refractivity contribution in [3.63, 3.8) is 0 Å². The van der Waals surface area contributed by atoms with E-state index in [1.165, 1.54) is 12.8 Å². The fourth-order valence-electron chi connectivity index (χ4n) is 2.76. The predicted molar refractivity (Wildman–Crippen MR) is 75.9 cm³/mol. The summed E-state index contributed by atoms with van der Waals surface area (Å²) < 4.78 is 7.44. The quantitative estimate of drug-likeness (QED) is 0.896. The van der Waals surface area contributed by atoms with Crippen molar-refractivity contribution >= 4 is 11.0 Å². The number of nitrogens with two attached hydrogens (primary N) is 1. The second-order valence-electron chi connectivity index (χ2n) is 5.63. The SMILES string of the molecule is COCCn1c(C(C)(N)C2CC2)nc2ccccc21. The van der Waals surface area contributed by atoms with Crippen LogP contribution < -0.4 is 5.73 Å². The van der Waals surface area contributed by atoms with Crippen molar-refractivity contribution in [2.24, 2.45) is 11.7 Å². The Hall–Kier alpha value is -1.39. The van der Waals surface area contributed by atoms with Crippen LogP contribution in [0.1, 0.15) is 25.6 Å². The van der Waals surface area contributed by atoms with E-state index in [1.807, 2.05) is 18.2 Å². The van der Waals surface area contributed by atoms with Crippen molar-refractivity contribution in [1.82, 2.24) is 9.55 Å². The number of aromatic nitrogens is 2. The van der Waals surface area contributed by atoms with Crippen LogP contribution in [0.3, 0.4) is 0 Å². The van der Waals surface area contributed by atoms with Gasteiger partial charge in [0.2, 0.25) is 0 Å². The Balaban J connectivity index is 2.11. The monoisotopic (exact) mass is 259 g/mol. The van der Waals surface area contributed by atoms with Crippen molar-refractivity contribution < 1.29 is 4.74 Å². The summed E-state index contributed by atoms with van der Waals surface area (Å²) in [7, 11) is 1.72. The number of hydrogen-bond donors (Lipinski definition) is 1. The lowest BCUT2D eigenvalue weighted by atomic mass is 9.96. The fourth-order valence-corrected chi connectivity index (χ4v) is 2.76. The van der Waals surface area contributed by atoms with Gasteiger partial charge in [0.25, 0.3) is 0 Å². The van der Waals surface area contributed by atoms with Gasteiger partial charge in [0.1, 0.15) is 5.82 Å². The smallest absolute Gasteiger partial charge is 0.130 e. The molecule has 1 aromatic carbocycles. The van der Waals surface area contributed by atoms with Gasteiger partial charge in [-0.1, -0.05) is 12.1 Å². The molecule has 1 aliphatic carbocycles. The van der Waals surface area contributed by atoms with E-state index in [0.29, 0.717) is 12.5 Å². The van der Waals surface area contributed by atoms with E-state index in [9.17, 15) is 0 Å². The minimum atomic E-state index is -0.341. The van der Waals surface area contributed by atoms with Gasteiger partial charge in [-0.3, -0.25) is 0 Å². The minimum Gasteiger partial charge on any atom is -0.383 e. The van der Waals surface area contributed by atoms with E-state index in [0.717, 1.165) is 23.4 Å². The lowest BCUT2D eigenvalue weighted by Gasteiger charge is -2.25. The normalized spacial score (nSPS) is 18.7. The third-order valence-corrected chi connectivity index (χ3v) is 4.08. The summed E-state index contributed by atoms with van der Waals surface area (Å²) in [6.07, 6.45) is 2.42. The van der Waals surface area contributed by atoms with Gasteiger partial charge >= 0.3 is 0 Å². The standard InChI is InChI=1S/C15H21N3O/c1-15(16,11-7-8-11)14-17-12-5-3-4-6-13(12)18(14)9-10-19-2/h3-6,11H,7-10,16H2,1-2H3. The Bertz CT molecular complexity index is 584. The number of nitrogens with zero attached hydrogens (tertiary/aromatic N) is 2. The van der Waals surface area contributed by atoms with Crippen molar-refractivity contribution in [2.75, 3.05) is 13.7 Å². The fraction of sp³-hybridized carbons (Fsp3) is 0.533. The molecular weight excluding hydrogens is 238 g/mol. The van der Waals surface area contributed by atoms with Crippen LogP contribution in [0.5, 0.6) is 0 Å². The maximum absolute atomic E-state index is 6.56. The average molecular weight is 259 g/mol. The molecule has 4 heteroatoms. The zero-order valence-electron chi connectivity index (χ0n) is 11.6. The van der Waals surface area contributed by atoms with E-state index >= 15 is 0 Å². The van der Waals surface area contributed by atoms with Crippen LogP contribution in [0.15, 0.2) is 24.3 Å². The molecule has 0 spiro atoms. The van der Waals surface area contributed by atoms with Crippen molar-refractivity contribution in [1.29, 1.82) is 0 Å². The Labute approximate surface area is 113 Å². The molecule has 19 heavy (non-hydrogen) atoms. The first-order valence-corrected chi connectivity index (χ1v) is 6.88. The Morgan fingerprint density at radius 1 is 1.42 bits per heavy atom. The molecule has 1 unspecified atom stereocenters. The van der Waals surface area contributed by atoms with Gasteiger partial charge in [-0.2, -0.15) is 0 Å². The summed E-state index contributed by atoms with van der Waals surface area (Å²) in [4.78, 5) is 4.78. The third kappa shape index (κ3) is 2.15. The van der Waals surface area contributed by atoms with Gasteiger partial charge in [0, 0.05) is 13.7 Å². The Kier molecular flexibility index (Phi) is 3.07. The molecule has 0 aliphatic heterocycles. The molecular formula is C15H21N3O. The molecule has 102 valence electrons. The van der Waals surface area contributed by atoms with E-state index in [4.69, 9.17) is 15.5 Å². The number of para-hydroxylation sites is 2. The first-order valence-electron chi connectivity index (χ1n) is 6.88. The van der Waals surface area contributed by atoms with E-state index in [-0.39, 0.29) is 5.54 Å². The van der Waals surface area contributed by atoms with Crippen LogP contribution in [-0.2, 0) is 16.8 Å². The van der Waals surface area contributed by atoms with Gasteiger partial charge in [-0.25, -0.2) is 4.98 Å². The van der Waals surface area contributed by atoms with Gasteiger partial charge in [0.15, 0.2) is 0 Å². The van der Waals surface area contributed by atoms with Crippen LogP contribution >= 0.6 is 0 Å². The largest absolute Gasteiger partial charge is 0.383 e. The van der Waals surface area contributed by atoms with Gasteiger partial charge in [0.05, 0.1) is 23.2 Å². The Morgan fingerprint density at radius 2 is 2.16 bits per heavy atom. The molecule has 1 aromatic heterocycles. The molecule has 1 heterocycles. The summed E-state index contributed by atoms with van der Waals surface area (Å²) in [6, 6.07) is 8.21. The first-order chi connectivity index (χ1) is 9.14. The molecule has 0 saturated heterocycles. The summed E-state index contributed by atoms with van der Waals surface area (Å²) >= 11 is 0. The number of hydrogen-bond acceptors (Lipinski definition) is 3. The molecule has 3 rings (SSSR count). The number of fused-ring (bicyclic) bond motifs is 1. The molecule has 1 atom stereocenters. The van der Waals surface area contributed by atoms with E-state index in [1.54, 1.807) is 7.11 Å². The maximum Gasteiger partial charge on any atom is 0.130 e. The maximum atomic E-state index is 6.56. The van der Waals surface area contributed by atoms with Crippen molar-refractivity contribution in [2.45, 2.75) is 31.8 Å². The summed E-state index contributed by atoms with van der Waals surface area (Å²) in [5.41, 5.74) is 8.38. The minimum absolute atomic E-state index is 0.341. The van der Waals surface area contributed by atoms with Crippen LogP contribution in [0.2, 0.25) is 0 Å². The number of rotatable bonds is 5. The number of imidazole rings is 1. The van der Waals surface area contributed by atoms with Crippen LogP contribution in [0, 0.1) is 5.92 Å². The first kappa shape index (κ1) is 12.6. The van der Waals surface area contributed by atoms with Crippen LogP contribution in [0.4, 0.5) is 0 Å². The number of methoxy groups -OCH3 is 1. The molecule has 2 aromatic rings. The average Bonchev–Trinajstić information content (AvgIpc) is 3.19. The third-order valence-electron chi connectivity index (χ3n) is 4.08. The van der Waals surface area contributed by atoms with Crippen LogP contribution in [0.25, 0.3) is 11.0 Å². The molecule has 0 amide bonds. The summed E-state index contributed by atoms with van der Waals surface area (Å²) in [5, 5.41) is 0. The highest BCUT2D eigenvalue weighted by Gasteiger charge is 2.43. The van der Waals surface area contributed by atoms with Crippen molar-refractivity contribution in [3.8, 4) is 0 Å². The van der Waals surface area contributed by atoms with Gasteiger partial charge in [-0.05, 0) is 37.8 Å². The zero-order chi connectivity index (χ0) is 13.5. The highest BCUT2D eigenvalue weighted by Crippen LogP contribution is 2.44. The van der Waals surface area contributed by atoms with Gasteiger partial charge in [-0.15, -0.1) is 0 Å². The molecule has 0 radical (unpaired) electrons. The van der Waals surface area contributed by atoms with Crippen molar-refractivity contribution in [3.05, 3.63) is 30.1 Å². The number of benzene rings is 1. The highest BCUT2D eigenvalue weighted by atomic mass is 16.5. The zero-order valence-corrected chi connectivity index (χ0v) is 11.6. The lowest BCUT2D eigenvalue weighted by molar-refractivity contribution is 0.185. The molecule has 0 bridgehead atoms. The van der Waals surface area contributed by atoms with E-state index < -0.39 is 0 Å². The second kappa shape index (κ2) is 4.62. The van der Waals surface area contributed by atoms with Gasteiger partial charge < -0.3 is 15.0 Å². The van der Waals surface area contributed by atoms with Crippen LogP contribution in [-0.4, -0.2) is 23.3 Å². The molecule has 2 N–H and O–H groups in total. The molecule has 1 aliphatic rings. The topological polar surface area (TPSA) is 53.1 Å². The summed E-state index contributed by atoms with van der Waals surface area (Å²) in [6.45, 7) is 3.58. The summed E-state index contributed by atoms with van der Waals surface area (Å²) in [5.74, 6) is 1.55. The number of ether oxygens (including phenoxy) is 1. The molecule has 1 fully saturated rings. The lowest BCUT2D eigenvalue weighted by Crippen LogP contribution is -2.38. The van der Waals surface area contributed by atoms with E-state index in [2.05, 4.69) is 17.6 Å². The highest BCUT2D eigenvalue weighted by molar-refractivity contribution is 5.76. The Morgan fingerprint density at radius 3 is 2.84 bits per heavy atom.